The van der Waals surface area contributed by atoms with Gasteiger partial charge in [0.15, 0.2) is 5.69 Å². The molecule has 4 heterocycles. The largest absolute Gasteiger partial charge is 0.342 e. The van der Waals surface area contributed by atoms with Gasteiger partial charge in [0.25, 0.3) is 5.91 Å². The van der Waals surface area contributed by atoms with Crippen LogP contribution in [0.1, 0.15) is 53.8 Å². The molecular weight excluding hydrogens is 358 g/mol. The highest BCUT2D eigenvalue weighted by molar-refractivity contribution is 5.93. The first kappa shape index (κ1) is 18.6. The number of likely N-dealkylation sites (tertiary alicyclic amines) is 2. The van der Waals surface area contributed by atoms with E-state index in [4.69, 9.17) is 0 Å². The number of aryl methyl sites for hydroxylation is 2. The minimum Gasteiger partial charge on any atom is -0.342 e. The Morgan fingerprint density at radius 1 is 1.21 bits per heavy atom. The first-order chi connectivity index (χ1) is 13.6. The van der Waals surface area contributed by atoms with E-state index >= 15 is 0 Å². The highest BCUT2D eigenvalue weighted by Gasteiger charge is 2.38. The number of rotatable bonds is 5. The van der Waals surface area contributed by atoms with Gasteiger partial charge in [-0.15, -0.1) is 0 Å². The van der Waals surface area contributed by atoms with Gasteiger partial charge in [0.1, 0.15) is 0 Å². The maximum absolute atomic E-state index is 13.0. The van der Waals surface area contributed by atoms with Gasteiger partial charge in [0.2, 0.25) is 5.91 Å². The maximum Gasteiger partial charge on any atom is 0.276 e. The molecular formula is C19H27N7O2. The molecule has 4 rings (SSSR count). The Bertz CT molecular complexity index is 816. The molecule has 2 fully saturated rings. The molecule has 2 atom stereocenters. The van der Waals surface area contributed by atoms with Gasteiger partial charge in [-0.3, -0.25) is 14.7 Å². The highest BCUT2D eigenvalue weighted by atomic mass is 16.2. The zero-order valence-corrected chi connectivity index (χ0v) is 16.2. The fourth-order valence-electron chi connectivity index (χ4n) is 4.47. The van der Waals surface area contributed by atoms with Gasteiger partial charge >= 0.3 is 0 Å². The van der Waals surface area contributed by atoms with Gasteiger partial charge < -0.3 is 9.80 Å². The average Bonchev–Trinajstić information content (AvgIpc) is 3.47. The number of carbonyl (C=O) groups excluding carboxylic acids is 2. The SMILES string of the molecule is Cc1n[nH]nc1C(=O)N1CCCCC1C1CCN(C(=O)CCc2cn[nH]c2)C1. The molecule has 28 heavy (non-hydrogen) atoms. The number of hydrogen-bond donors (Lipinski definition) is 2. The van der Waals surface area contributed by atoms with Crippen LogP contribution >= 0.6 is 0 Å². The monoisotopic (exact) mass is 385 g/mol. The third-order valence-corrected chi connectivity index (χ3v) is 6.04. The average molecular weight is 385 g/mol. The van der Waals surface area contributed by atoms with E-state index in [-0.39, 0.29) is 17.9 Å². The Kier molecular flexibility index (Phi) is 5.40. The molecule has 0 spiro atoms. The van der Waals surface area contributed by atoms with Crippen molar-refractivity contribution in [3.05, 3.63) is 29.3 Å². The van der Waals surface area contributed by atoms with Crippen LogP contribution in [-0.4, -0.2) is 72.9 Å². The Morgan fingerprint density at radius 3 is 2.86 bits per heavy atom. The standard InChI is InChI=1S/C19H27N7O2/c1-13-18(23-24-22-13)19(28)26-8-3-2-4-16(26)15-7-9-25(12-15)17(27)6-5-14-10-20-21-11-14/h10-11,15-16H,2-9,12H2,1H3,(H,20,21)(H,22,23,24). The molecule has 2 saturated heterocycles. The number of hydrogen-bond acceptors (Lipinski definition) is 5. The smallest absolute Gasteiger partial charge is 0.276 e. The Balaban J connectivity index is 1.38. The second kappa shape index (κ2) is 8.12. The zero-order valence-electron chi connectivity index (χ0n) is 16.2. The van der Waals surface area contributed by atoms with E-state index in [9.17, 15) is 9.59 Å². The molecule has 2 aliphatic rings. The van der Waals surface area contributed by atoms with Crippen molar-refractivity contribution in [2.45, 2.75) is 51.5 Å². The normalized spacial score (nSPS) is 22.6. The lowest BCUT2D eigenvalue weighted by Gasteiger charge is -2.39. The molecule has 2 aromatic rings. The van der Waals surface area contributed by atoms with Crippen molar-refractivity contribution >= 4 is 11.8 Å². The Morgan fingerprint density at radius 2 is 2.11 bits per heavy atom. The summed E-state index contributed by atoms with van der Waals surface area (Å²) in [6.45, 7) is 4.05. The minimum atomic E-state index is -0.0410. The molecule has 2 aromatic heterocycles. The molecule has 9 nitrogen and oxygen atoms in total. The highest BCUT2D eigenvalue weighted by Crippen LogP contribution is 2.31. The van der Waals surface area contributed by atoms with Crippen LogP contribution in [0.25, 0.3) is 0 Å². The van der Waals surface area contributed by atoms with Gasteiger partial charge in [-0.25, -0.2) is 0 Å². The lowest BCUT2D eigenvalue weighted by atomic mass is 9.89. The van der Waals surface area contributed by atoms with Gasteiger partial charge in [-0.2, -0.15) is 20.5 Å². The van der Waals surface area contributed by atoms with Crippen molar-refractivity contribution in [2.24, 2.45) is 5.92 Å². The number of nitrogens with zero attached hydrogens (tertiary/aromatic N) is 5. The second-order valence-corrected chi connectivity index (χ2v) is 7.81. The van der Waals surface area contributed by atoms with Crippen LogP contribution < -0.4 is 0 Å². The van der Waals surface area contributed by atoms with Crippen molar-refractivity contribution in [2.75, 3.05) is 19.6 Å². The number of nitrogens with one attached hydrogen (secondary N) is 2. The maximum atomic E-state index is 13.0. The van der Waals surface area contributed by atoms with Crippen molar-refractivity contribution < 1.29 is 9.59 Å². The van der Waals surface area contributed by atoms with Gasteiger partial charge in [-0.05, 0) is 50.5 Å². The minimum absolute atomic E-state index is 0.0410. The van der Waals surface area contributed by atoms with E-state index in [1.807, 2.05) is 16.0 Å². The van der Waals surface area contributed by atoms with Crippen LogP contribution in [-0.2, 0) is 11.2 Å². The summed E-state index contributed by atoms with van der Waals surface area (Å²) in [5, 5.41) is 17.3. The van der Waals surface area contributed by atoms with E-state index in [2.05, 4.69) is 25.6 Å². The molecule has 150 valence electrons. The van der Waals surface area contributed by atoms with Gasteiger partial charge in [-0.1, -0.05) is 0 Å². The number of amides is 2. The molecule has 2 amide bonds. The Labute approximate surface area is 163 Å². The van der Waals surface area contributed by atoms with Gasteiger partial charge in [0, 0.05) is 38.3 Å². The van der Waals surface area contributed by atoms with E-state index in [0.29, 0.717) is 30.1 Å². The summed E-state index contributed by atoms with van der Waals surface area (Å²) in [6, 6.07) is 0.170. The molecule has 2 aliphatic heterocycles. The zero-order chi connectivity index (χ0) is 19.5. The first-order valence-corrected chi connectivity index (χ1v) is 10.1. The molecule has 0 radical (unpaired) electrons. The van der Waals surface area contributed by atoms with Gasteiger partial charge in [0.05, 0.1) is 11.9 Å². The van der Waals surface area contributed by atoms with Crippen LogP contribution in [0.3, 0.4) is 0 Å². The third kappa shape index (κ3) is 3.79. The quantitative estimate of drug-likeness (QED) is 0.806. The summed E-state index contributed by atoms with van der Waals surface area (Å²) in [7, 11) is 0. The van der Waals surface area contributed by atoms with Crippen LogP contribution in [0.15, 0.2) is 12.4 Å². The molecule has 9 heteroatoms. The molecule has 2 unspecified atom stereocenters. The van der Waals surface area contributed by atoms with Crippen LogP contribution in [0.5, 0.6) is 0 Å². The topological polar surface area (TPSA) is 111 Å². The van der Waals surface area contributed by atoms with E-state index in [1.165, 1.54) is 0 Å². The number of aromatic amines is 2. The fraction of sp³-hybridized carbons (Fsp3) is 0.632. The van der Waals surface area contributed by atoms with Crippen molar-refractivity contribution in [1.29, 1.82) is 0 Å². The molecule has 2 N–H and O–H groups in total. The van der Waals surface area contributed by atoms with Crippen molar-refractivity contribution in [1.82, 2.24) is 35.4 Å². The molecule has 0 bridgehead atoms. The van der Waals surface area contributed by atoms with E-state index in [1.54, 1.807) is 13.1 Å². The van der Waals surface area contributed by atoms with E-state index < -0.39 is 0 Å². The molecule has 0 aromatic carbocycles. The lowest BCUT2D eigenvalue weighted by Crippen LogP contribution is -2.48. The lowest BCUT2D eigenvalue weighted by molar-refractivity contribution is -0.130. The summed E-state index contributed by atoms with van der Waals surface area (Å²) in [5.74, 6) is 0.472. The Hall–Kier alpha value is -2.71. The second-order valence-electron chi connectivity index (χ2n) is 7.81. The van der Waals surface area contributed by atoms with Crippen molar-refractivity contribution in [3.8, 4) is 0 Å². The van der Waals surface area contributed by atoms with Crippen molar-refractivity contribution in [3.63, 3.8) is 0 Å². The summed E-state index contributed by atoms with van der Waals surface area (Å²) in [4.78, 5) is 29.6. The number of aromatic nitrogens is 5. The summed E-state index contributed by atoms with van der Waals surface area (Å²) in [5.41, 5.74) is 2.10. The predicted molar refractivity (Wildman–Crippen MR) is 101 cm³/mol. The fourth-order valence-corrected chi connectivity index (χ4v) is 4.47. The van der Waals surface area contributed by atoms with Crippen LogP contribution in [0.2, 0.25) is 0 Å². The first-order valence-electron chi connectivity index (χ1n) is 10.1. The third-order valence-electron chi connectivity index (χ3n) is 6.04. The summed E-state index contributed by atoms with van der Waals surface area (Å²) >= 11 is 0. The number of H-pyrrole nitrogens is 2. The molecule has 0 saturated carbocycles. The molecule has 0 aliphatic carbocycles. The van der Waals surface area contributed by atoms with Crippen LogP contribution in [0.4, 0.5) is 0 Å². The van der Waals surface area contributed by atoms with E-state index in [0.717, 1.165) is 50.9 Å². The number of piperidine rings is 1. The summed E-state index contributed by atoms with van der Waals surface area (Å²) < 4.78 is 0. The number of carbonyl (C=O) groups is 2. The summed E-state index contributed by atoms with van der Waals surface area (Å²) in [6.07, 6.45) is 8.87. The van der Waals surface area contributed by atoms with Crippen LogP contribution in [0, 0.1) is 12.8 Å². The predicted octanol–water partition coefficient (Wildman–Crippen LogP) is 1.31.